The second-order valence-corrected chi connectivity index (χ2v) is 7.32. The molecule has 0 aliphatic carbocycles. The Balaban J connectivity index is 1.64. The Kier molecular flexibility index (Phi) is 5.29. The molecule has 0 N–H and O–H groups in total. The lowest BCUT2D eigenvalue weighted by Gasteiger charge is -2.41. The highest BCUT2D eigenvalue weighted by Gasteiger charge is 2.22. The van der Waals surface area contributed by atoms with E-state index in [0.29, 0.717) is 0 Å². The van der Waals surface area contributed by atoms with Gasteiger partial charge in [-0.3, -0.25) is 0 Å². The minimum atomic E-state index is 0.731. The summed E-state index contributed by atoms with van der Waals surface area (Å²) >= 11 is 6.34. The molecule has 1 saturated heterocycles. The van der Waals surface area contributed by atoms with Gasteiger partial charge in [-0.15, -0.1) is 0 Å². The molecular formula is C23H22ClN3. The number of hydrazine groups is 1. The first-order valence-electron chi connectivity index (χ1n) is 9.45. The zero-order valence-electron chi connectivity index (χ0n) is 15.2. The first kappa shape index (κ1) is 17.9. The third-order valence-corrected chi connectivity index (χ3v) is 5.64. The summed E-state index contributed by atoms with van der Waals surface area (Å²) in [6.45, 7) is 2.97. The van der Waals surface area contributed by atoms with Crippen LogP contribution in [0.15, 0.2) is 60.7 Å². The van der Waals surface area contributed by atoms with Crippen molar-refractivity contribution in [2.75, 3.05) is 24.6 Å². The van der Waals surface area contributed by atoms with Crippen LogP contribution < -0.4 is 5.01 Å². The third kappa shape index (κ3) is 3.64. The Morgan fingerprint density at radius 2 is 1.63 bits per heavy atom. The van der Waals surface area contributed by atoms with Crippen LogP contribution in [0.1, 0.15) is 24.0 Å². The Morgan fingerprint density at radius 1 is 0.889 bits per heavy atom. The largest absolute Gasteiger partial charge is 0.305 e. The van der Waals surface area contributed by atoms with E-state index in [-0.39, 0.29) is 0 Å². The van der Waals surface area contributed by atoms with Crippen LogP contribution in [0, 0.1) is 11.3 Å². The molecule has 4 rings (SSSR count). The number of halogens is 1. The Morgan fingerprint density at radius 3 is 2.44 bits per heavy atom. The van der Waals surface area contributed by atoms with Gasteiger partial charge in [-0.1, -0.05) is 54.1 Å². The van der Waals surface area contributed by atoms with Crippen LogP contribution in [0.4, 0.5) is 5.69 Å². The first-order valence-corrected chi connectivity index (χ1v) is 9.83. The van der Waals surface area contributed by atoms with Crippen molar-refractivity contribution in [2.24, 2.45) is 0 Å². The molecular weight excluding hydrogens is 354 g/mol. The number of nitrogens with zero attached hydrogens (tertiary/aromatic N) is 3. The summed E-state index contributed by atoms with van der Waals surface area (Å²) in [5.74, 6) is 0. The van der Waals surface area contributed by atoms with Crippen molar-refractivity contribution in [3.63, 3.8) is 0 Å². The van der Waals surface area contributed by atoms with Crippen molar-refractivity contribution < 1.29 is 0 Å². The minimum Gasteiger partial charge on any atom is -0.305 e. The van der Waals surface area contributed by atoms with Gasteiger partial charge in [0.15, 0.2) is 0 Å². The van der Waals surface area contributed by atoms with E-state index in [0.717, 1.165) is 47.4 Å². The summed E-state index contributed by atoms with van der Waals surface area (Å²) in [4.78, 5) is 0. The first-order chi connectivity index (χ1) is 13.3. The lowest BCUT2D eigenvalue weighted by Crippen LogP contribution is -2.48. The van der Waals surface area contributed by atoms with E-state index < -0.39 is 0 Å². The molecule has 1 heterocycles. The molecule has 0 atom stereocenters. The van der Waals surface area contributed by atoms with Crippen LogP contribution in [0.2, 0.25) is 5.02 Å². The predicted molar refractivity (Wildman–Crippen MR) is 112 cm³/mol. The molecule has 0 bridgehead atoms. The summed E-state index contributed by atoms with van der Waals surface area (Å²) in [6.07, 6.45) is 3.30. The van der Waals surface area contributed by atoms with Crippen molar-refractivity contribution >= 4 is 28.1 Å². The molecule has 0 amide bonds. The minimum absolute atomic E-state index is 0.731. The normalized spacial score (nSPS) is 15.0. The van der Waals surface area contributed by atoms with Gasteiger partial charge in [0.2, 0.25) is 0 Å². The van der Waals surface area contributed by atoms with Crippen LogP contribution >= 0.6 is 11.6 Å². The number of anilines is 1. The number of fused-ring (bicyclic) bond motifs is 1. The number of hydrogen-bond acceptors (Lipinski definition) is 3. The SMILES string of the molecule is N#Cc1ccc(N2CCCCN2CCc2ccccc2Cl)c2ccccc12. The topological polar surface area (TPSA) is 30.3 Å². The van der Waals surface area contributed by atoms with E-state index in [9.17, 15) is 5.26 Å². The fourth-order valence-corrected chi connectivity index (χ4v) is 4.11. The fourth-order valence-electron chi connectivity index (χ4n) is 3.88. The van der Waals surface area contributed by atoms with Gasteiger partial charge < -0.3 is 5.01 Å². The summed E-state index contributed by atoms with van der Waals surface area (Å²) < 4.78 is 0. The standard InChI is InChI=1S/C23H22ClN3/c24-22-10-4-1-7-18(22)13-16-26-14-5-6-15-27(26)23-12-11-19(17-25)20-8-2-3-9-21(20)23/h1-4,7-12H,5-6,13-16H2. The summed E-state index contributed by atoms with van der Waals surface area (Å²) in [7, 11) is 0. The summed E-state index contributed by atoms with van der Waals surface area (Å²) in [5.41, 5.74) is 3.10. The molecule has 27 heavy (non-hydrogen) atoms. The highest BCUT2D eigenvalue weighted by molar-refractivity contribution is 6.31. The smallest absolute Gasteiger partial charge is 0.0998 e. The third-order valence-electron chi connectivity index (χ3n) is 5.27. The maximum atomic E-state index is 9.44. The van der Waals surface area contributed by atoms with E-state index in [4.69, 9.17) is 11.6 Å². The lowest BCUT2D eigenvalue weighted by molar-refractivity contribution is 0.215. The average molecular weight is 376 g/mol. The molecule has 3 aromatic rings. The Labute approximate surface area is 165 Å². The second kappa shape index (κ2) is 8.00. The molecule has 0 unspecified atom stereocenters. The van der Waals surface area contributed by atoms with Gasteiger partial charge in [0.05, 0.1) is 17.3 Å². The predicted octanol–water partition coefficient (Wildman–Crippen LogP) is 5.42. The van der Waals surface area contributed by atoms with Crippen molar-refractivity contribution in [2.45, 2.75) is 19.3 Å². The molecule has 0 radical (unpaired) electrons. The monoisotopic (exact) mass is 375 g/mol. The molecule has 3 nitrogen and oxygen atoms in total. The second-order valence-electron chi connectivity index (χ2n) is 6.91. The number of nitriles is 1. The molecule has 1 aliphatic heterocycles. The zero-order chi connectivity index (χ0) is 18.6. The van der Waals surface area contributed by atoms with Crippen LogP contribution in [-0.2, 0) is 6.42 Å². The van der Waals surface area contributed by atoms with Gasteiger partial charge in [-0.05, 0) is 43.0 Å². The van der Waals surface area contributed by atoms with Crippen molar-refractivity contribution in [3.05, 3.63) is 76.8 Å². The van der Waals surface area contributed by atoms with Gasteiger partial charge in [0.25, 0.3) is 0 Å². The zero-order valence-corrected chi connectivity index (χ0v) is 16.0. The summed E-state index contributed by atoms with van der Waals surface area (Å²) in [6, 6.07) is 22.6. The highest BCUT2D eigenvalue weighted by Crippen LogP contribution is 2.32. The molecule has 1 aliphatic rings. The highest BCUT2D eigenvalue weighted by atomic mass is 35.5. The maximum absolute atomic E-state index is 9.44. The Hall–Kier alpha value is -2.54. The van der Waals surface area contributed by atoms with Gasteiger partial charge in [0, 0.05) is 35.4 Å². The molecule has 0 saturated carbocycles. The van der Waals surface area contributed by atoms with E-state index in [1.807, 2.05) is 42.5 Å². The molecule has 0 spiro atoms. The van der Waals surface area contributed by atoms with Gasteiger partial charge in [-0.25, -0.2) is 5.01 Å². The number of hydrogen-bond donors (Lipinski definition) is 0. The van der Waals surface area contributed by atoms with E-state index in [2.05, 4.69) is 34.3 Å². The quantitative estimate of drug-likeness (QED) is 0.609. The van der Waals surface area contributed by atoms with Crippen LogP contribution in [0.25, 0.3) is 10.8 Å². The molecule has 1 fully saturated rings. The van der Waals surface area contributed by atoms with E-state index >= 15 is 0 Å². The maximum Gasteiger partial charge on any atom is 0.0998 e. The molecule has 136 valence electrons. The molecule has 4 heteroatoms. The summed E-state index contributed by atoms with van der Waals surface area (Å²) in [5, 5.41) is 17.3. The fraction of sp³-hybridized carbons (Fsp3) is 0.261. The van der Waals surface area contributed by atoms with E-state index in [1.54, 1.807) is 0 Å². The van der Waals surface area contributed by atoms with Crippen molar-refractivity contribution in [1.29, 1.82) is 5.26 Å². The van der Waals surface area contributed by atoms with Crippen LogP contribution in [0.5, 0.6) is 0 Å². The van der Waals surface area contributed by atoms with Gasteiger partial charge in [0.1, 0.15) is 0 Å². The van der Waals surface area contributed by atoms with Crippen LogP contribution in [-0.4, -0.2) is 24.6 Å². The number of rotatable bonds is 4. The number of benzene rings is 3. The van der Waals surface area contributed by atoms with Gasteiger partial charge in [-0.2, -0.15) is 5.26 Å². The molecule has 3 aromatic carbocycles. The Bertz CT molecular complexity index is 992. The van der Waals surface area contributed by atoms with Crippen molar-refractivity contribution in [3.8, 4) is 6.07 Å². The van der Waals surface area contributed by atoms with E-state index in [1.165, 1.54) is 24.1 Å². The lowest BCUT2D eigenvalue weighted by atomic mass is 10.0. The van der Waals surface area contributed by atoms with Crippen molar-refractivity contribution in [1.82, 2.24) is 5.01 Å². The van der Waals surface area contributed by atoms with Crippen LogP contribution in [0.3, 0.4) is 0 Å². The van der Waals surface area contributed by atoms with Gasteiger partial charge >= 0.3 is 0 Å². The average Bonchev–Trinajstić information content (AvgIpc) is 2.73. The molecule has 0 aromatic heterocycles.